The van der Waals surface area contributed by atoms with Crippen LogP contribution >= 0.6 is 0 Å². The summed E-state index contributed by atoms with van der Waals surface area (Å²) in [6, 6.07) is 0. The second-order valence-corrected chi connectivity index (χ2v) is 2.81. The number of nitrogens with zero attached hydrogens (tertiary/aromatic N) is 1. The summed E-state index contributed by atoms with van der Waals surface area (Å²) in [7, 11) is 0. The zero-order chi connectivity index (χ0) is 12.3. The van der Waals surface area contributed by atoms with E-state index in [0.717, 1.165) is 6.20 Å². The van der Waals surface area contributed by atoms with E-state index in [1.54, 1.807) is 0 Å². The van der Waals surface area contributed by atoms with Crippen molar-refractivity contribution < 1.29 is 28.1 Å². The van der Waals surface area contributed by atoms with Crippen molar-refractivity contribution in [3.8, 4) is 11.5 Å². The van der Waals surface area contributed by atoms with E-state index in [-0.39, 0.29) is 12.2 Å². The quantitative estimate of drug-likeness (QED) is 0.719. The maximum atomic E-state index is 11.9. The lowest BCUT2D eigenvalue weighted by Crippen LogP contribution is -2.18. The summed E-state index contributed by atoms with van der Waals surface area (Å²) in [5, 5.41) is 18.3. The van der Waals surface area contributed by atoms with E-state index in [2.05, 4.69) is 9.72 Å². The minimum atomic E-state index is -4.91. The molecule has 0 unspecified atom stereocenters. The van der Waals surface area contributed by atoms with E-state index in [1.165, 1.54) is 0 Å². The van der Waals surface area contributed by atoms with Gasteiger partial charge in [-0.25, -0.2) is 0 Å². The molecule has 0 aliphatic heterocycles. The van der Waals surface area contributed by atoms with Crippen molar-refractivity contribution in [2.24, 2.45) is 5.73 Å². The number of aliphatic hydroxyl groups is 1. The van der Waals surface area contributed by atoms with Crippen molar-refractivity contribution in [2.45, 2.75) is 19.5 Å². The molecule has 0 spiro atoms. The average Bonchev–Trinajstić information content (AvgIpc) is 2.16. The molecule has 1 heterocycles. The standard InChI is InChI=1S/C8H9F3N2O3/c9-8(10,11)16-6-2-13-5(1-12)7(15)4(6)3-14/h2,14-15H,1,3,12H2. The first-order valence-corrected chi connectivity index (χ1v) is 4.15. The van der Waals surface area contributed by atoms with E-state index >= 15 is 0 Å². The highest BCUT2D eigenvalue weighted by Crippen LogP contribution is 2.32. The number of alkyl halides is 3. The van der Waals surface area contributed by atoms with E-state index in [1.807, 2.05) is 0 Å². The number of pyridine rings is 1. The normalized spacial score (nSPS) is 11.6. The Morgan fingerprint density at radius 3 is 2.50 bits per heavy atom. The van der Waals surface area contributed by atoms with Crippen LogP contribution in [-0.2, 0) is 13.2 Å². The van der Waals surface area contributed by atoms with E-state index in [9.17, 15) is 18.3 Å². The SMILES string of the molecule is NCc1ncc(OC(F)(F)F)c(CO)c1O. The molecule has 0 amide bonds. The summed E-state index contributed by atoms with van der Waals surface area (Å²) in [6.45, 7) is -0.974. The van der Waals surface area contributed by atoms with Crippen LogP contribution < -0.4 is 10.5 Å². The van der Waals surface area contributed by atoms with Crippen LogP contribution in [0.4, 0.5) is 13.2 Å². The van der Waals surface area contributed by atoms with Crippen molar-refractivity contribution in [1.82, 2.24) is 4.98 Å². The smallest absolute Gasteiger partial charge is 0.505 e. The van der Waals surface area contributed by atoms with Gasteiger partial charge in [0.1, 0.15) is 5.75 Å². The number of hydrogen-bond acceptors (Lipinski definition) is 5. The van der Waals surface area contributed by atoms with Gasteiger partial charge in [-0.2, -0.15) is 0 Å². The molecule has 0 bridgehead atoms. The lowest BCUT2D eigenvalue weighted by molar-refractivity contribution is -0.275. The van der Waals surface area contributed by atoms with Crippen LogP contribution in [0.3, 0.4) is 0 Å². The monoisotopic (exact) mass is 238 g/mol. The number of aromatic nitrogens is 1. The Bertz CT molecular complexity index is 382. The molecule has 0 atom stereocenters. The van der Waals surface area contributed by atoms with Gasteiger partial charge in [0.05, 0.1) is 24.1 Å². The fourth-order valence-electron chi connectivity index (χ4n) is 1.08. The van der Waals surface area contributed by atoms with Crippen LogP contribution in [0.1, 0.15) is 11.3 Å². The molecule has 0 aromatic carbocycles. The first-order valence-electron chi connectivity index (χ1n) is 4.15. The Balaban J connectivity index is 3.16. The lowest BCUT2D eigenvalue weighted by Gasteiger charge is -2.14. The number of rotatable bonds is 3. The predicted octanol–water partition coefficient (Wildman–Crippen LogP) is 0.637. The van der Waals surface area contributed by atoms with Crippen molar-refractivity contribution in [2.75, 3.05) is 0 Å². The number of aromatic hydroxyl groups is 1. The van der Waals surface area contributed by atoms with Gasteiger partial charge < -0.3 is 20.7 Å². The summed E-state index contributed by atoms with van der Waals surface area (Å²) < 4.78 is 39.4. The Morgan fingerprint density at radius 2 is 2.06 bits per heavy atom. The van der Waals surface area contributed by atoms with Gasteiger partial charge >= 0.3 is 6.36 Å². The van der Waals surface area contributed by atoms with Gasteiger partial charge in [-0.15, -0.1) is 13.2 Å². The Labute approximate surface area is 88.3 Å². The number of halogens is 3. The molecule has 0 aliphatic carbocycles. The van der Waals surface area contributed by atoms with Crippen LogP contribution in [0, 0.1) is 0 Å². The number of ether oxygens (including phenoxy) is 1. The molecule has 1 rings (SSSR count). The molecule has 1 aromatic rings. The Morgan fingerprint density at radius 1 is 1.44 bits per heavy atom. The molecule has 90 valence electrons. The van der Waals surface area contributed by atoms with Crippen molar-refractivity contribution >= 4 is 0 Å². The second-order valence-electron chi connectivity index (χ2n) is 2.81. The third-order valence-corrected chi connectivity index (χ3v) is 1.77. The lowest BCUT2D eigenvalue weighted by atomic mass is 10.2. The van der Waals surface area contributed by atoms with Crippen LogP contribution in [0.15, 0.2) is 6.20 Å². The van der Waals surface area contributed by atoms with Crippen molar-refractivity contribution in [3.05, 3.63) is 17.5 Å². The van der Waals surface area contributed by atoms with Gasteiger partial charge in [-0.1, -0.05) is 0 Å². The fourth-order valence-corrected chi connectivity index (χ4v) is 1.08. The van der Waals surface area contributed by atoms with Crippen LogP contribution in [0.25, 0.3) is 0 Å². The van der Waals surface area contributed by atoms with Gasteiger partial charge in [0, 0.05) is 6.54 Å². The molecule has 16 heavy (non-hydrogen) atoms. The summed E-state index contributed by atoms with van der Waals surface area (Å²) in [6.07, 6.45) is -4.16. The molecule has 1 aromatic heterocycles. The maximum Gasteiger partial charge on any atom is 0.573 e. The summed E-state index contributed by atoms with van der Waals surface area (Å²) >= 11 is 0. The summed E-state index contributed by atoms with van der Waals surface area (Å²) in [5.74, 6) is -1.34. The van der Waals surface area contributed by atoms with Crippen LogP contribution in [-0.4, -0.2) is 21.6 Å². The summed E-state index contributed by atoms with van der Waals surface area (Å²) in [5.41, 5.74) is 4.77. The van der Waals surface area contributed by atoms with Crippen molar-refractivity contribution in [3.63, 3.8) is 0 Å². The predicted molar refractivity (Wildman–Crippen MR) is 46.4 cm³/mol. The highest BCUT2D eigenvalue weighted by Gasteiger charge is 2.33. The molecule has 0 saturated carbocycles. The largest absolute Gasteiger partial charge is 0.573 e. The molecule has 0 radical (unpaired) electrons. The average molecular weight is 238 g/mol. The minimum Gasteiger partial charge on any atom is -0.505 e. The van der Waals surface area contributed by atoms with Crippen LogP contribution in [0.5, 0.6) is 11.5 Å². The molecular weight excluding hydrogens is 229 g/mol. The molecule has 8 heteroatoms. The maximum absolute atomic E-state index is 11.9. The van der Waals surface area contributed by atoms with Gasteiger partial charge in [0.25, 0.3) is 0 Å². The minimum absolute atomic E-state index is 0.0152. The third-order valence-electron chi connectivity index (χ3n) is 1.77. The number of nitrogens with two attached hydrogens (primary N) is 1. The molecule has 5 nitrogen and oxygen atoms in total. The Hall–Kier alpha value is -1.54. The van der Waals surface area contributed by atoms with Crippen molar-refractivity contribution in [1.29, 1.82) is 0 Å². The second kappa shape index (κ2) is 4.54. The first kappa shape index (κ1) is 12.5. The molecular formula is C8H9F3N2O3. The van der Waals surface area contributed by atoms with Gasteiger partial charge in [0.15, 0.2) is 5.75 Å². The van der Waals surface area contributed by atoms with Gasteiger partial charge in [0.2, 0.25) is 0 Å². The summed E-state index contributed by atoms with van der Waals surface area (Å²) in [4.78, 5) is 3.48. The molecule has 0 saturated heterocycles. The highest BCUT2D eigenvalue weighted by molar-refractivity contribution is 5.44. The van der Waals surface area contributed by atoms with E-state index in [4.69, 9.17) is 10.8 Å². The topological polar surface area (TPSA) is 88.6 Å². The molecule has 0 aliphatic rings. The highest BCUT2D eigenvalue weighted by atomic mass is 19.4. The number of hydrogen-bond donors (Lipinski definition) is 3. The number of aliphatic hydroxyl groups excluding tert-OH is 1. The van der Waals surface area contributed by atoms with E-state index < -0.39 is 30.0 Å². The molecule has 0 fully saturated rings. The van der Waals surface area contributed by atoms with Crippen LogP contribution in [0.2, 0.25) is 0 Å². The zero-order valence-electron chi connectivity index (χ0n) is 7.95. The van der Waals surface area contributed by atoms with Gasteiger partial charge in [-0.05, 0) is 0 Å². The first-order chi connectivity index (χ1) is 7.39. The third kappa shape index (κ3) is 2.74. The molecule has 4 N–H and O–H groups in total. The fraction of sp³-hybridized carbons (Fsp3) is 0.375. The van der Waals surface area contributed by atoms with Gasteiger partial charge in [-0.3, -0.25) is 4.98 Å². The van der Waals surface area contributed by atoms with E-state index in [0.29, 0.717) is 0 Å². The Kier molecular flexibility index (Phi) is 3.55. The zero-order valence-corrected chi connectivity index (χ0v) is 7.95.